The van der Waals surface area contributed by atoms with E-state index in [1.165, 1.54) is 11.0 Å². The summed E-state index contributed by atoms with van der Waals surface area (Å²) in [5, 5.41) is 3.04. The molecule has 5 amide bonds. The summed E-state index contributed by atoms with van der Waals surface area (Å²) in [5.41, 5.74) is 2.38. The minimum atomic E-state index is -1.58. The fraction of sp³-hybridized carbons (Fsp3) is 0.395. The van der Waals surface area contributed by atoms with Gasteiger partial charge >= 0.3 is 29.7 Å². The minimum absolute atomic E-state index is 0.151. The Hall–Kier alpha value is -4.38. The van der Waals surface area contributed by atoms with Gasteiger partial charge in [0, 0.05) is 17.8 Å². The molecule has 2 aliphatic heterocycles. The van der Waals surface area contributed by atoms with Gasteiger partial charge in [-0.25, -0.2) is 14.4 Å². The number of carbonyl (C=O) groups is 5. The molecule has 5 rings (SSSR count). The SMILES string of the molecule is CCOC1C(=O)[N+]2(C(=O)C1Cc1ccccc1)C(=O)C2C(=O)N(c1cc(NC(=O)C(CC)Oc2ccc(C)cc2C)ccc1Cl)C(C)(C)C. The Bertz CT molecular complexity index is 1800. The second-order valence-electron chi connectivity index (χ2n) is 13.6. The van der Waals surface area contributed by atoms with Crippen LogP contribution in [0.5, 0.6) is 5.75 Å². The van der Waals surface area contributed by atoms with Crippen molar-refractivity contribution in [2.24, 2.45) is 5.92 Å². The monoisotopic (exact) mass is 688 g/mol. The lowest BCUT2D eigenvalue weighted by atomic mass is 9.95. The average Bonchev–Trinajstić information content (AvgIpc) is 3.62. The van der Waals surface area contributed by atoms with Crippen LogP contribution < -0.4 is 15.0 Å². The Kier molecular flexibility index (Phi) is 10.2. The smallest absolute Gasteiger partial charge is 0.399 e. The molecule has 0 saturated carbocycles. The molecule has 2 fully saturated rings. The summed E-state index contributed by atoms with van der Waals surface area (Å²) < 4.78 is 10.6. The van der Waals surface area contributed by atoms with Gasteiger partial charge in [-0.3, -0.25) is 14.5 Å². The van der Waals surface area contributed by atoms with Gasteiger partial charge in [0.25, 0.3) is 5.91 Å². The Labute approximate surface area is 291 Å². The molecule has 258 valence electrons. The number of carbonyl (C=O) groups excluding carboxylic acids is 5. The van der Waals surface area contributed by atoms with Gasteiger partial charge in [0.1, 0.15) is 11.7 Å². The average molecular weight is 689 g/mol. The van der Waals surface area contributed by atoms with E-state index in [0.29, 0.717) is 17.9 Å². The first-order valence-corrected chi connectivity index (χ1v) is 16.9. The Morgan fingerprint density at radius 2 is 1.63 bits per heavy atom. The van der Waals surface area contributed by atoms with Crippen molar-refractivity contribution in [2.75, 3.05) is 16.8 Å². The number of nitrogens with one attached hydrogen (secondary N) is 1. The van der Waals surface area contributed by atoms with Gasteiger partial charge in [0.05, 0.1) is 10.7 Å². The molecule has 0 radical (unpaired) electrons. The lowest BCUT2D eigenvalue weighted by Gasteiger charge is -2.35. The van der Waals surface area contributed by atoms with E-state index in [-0.39, 0.29) is 23.7 Å². The number of halogens is 1. The van der Waals surface area contributed by atoms with Crippen LogP contribution >= 0.6 is 11.6 Å². The van der Waals surface area contributed by atoms with Gasteiger partial charge in [-0.1, -0.05) is 66.6 Å². The summed E-state index contributed by atoms with van der Waals surface area (Å²) in [6.07, 6.45) is -1.38. The van der Waals surface area contributed by atoms with Crippen molar-refractivity contribution in [1.82, 2.24) is 0 Å². The number of hydrogen-bond donors (Lipinski definition) is 1. The number of rotatable bonds is 11. The highest BCUT2D eigenvalue weighted by Gasteiger charge is 2.87. The molecule has 5 atom stereocenters. The van der Waals surface area contributed by atoms with Crippen molar-refractivity contribution in [1.29, 1.82) is 0 Å². The molecule has 2 aliphatic rings. The third-order valence-electron chi connectivity index (χ3n) is 9.01. The van der Waals surface area contributed by atoms with Gasteiger partial charge in [0.2, 0.25) is 0 Å². The van der Waals surface area contributed by atoms with E-state index in [1.54, 1.807) is 39.8 Å². The number of aryl methyl sites for hydroxylation is 2. The van der Waals surface area contributed by atoms with E-state index in [1.807, 2.05) is 69.3 Å². The van der Waals surface area contributed by atoms with E-state index >= 15 is 0 Å². The molecule has 11 heteroatoms. The first-order valence-electron chi connectivity index (χ1n) is 16.5. The van der Waals surface area contributed by atoms with E-state index in [0.717, 1.165) is 16.7 Å². The standard InChI is InChI=1S/C38H42ClN3O7/c1-8-29(49-30-18-15-22(3)19-23(30)4)33(43)40-25-16-17-27(39)28(21-25)41(38(5,6)7)34(44)31-36(46)42(31)35(45)26(32(37(42)47)48-9-2)20-24-13-11-10-12-14-24/h10-19,21,26,29,31-32H,8-9,20H2,1-7H3/p+1. The minimum Gasteiger partial charge on any atom is -0.480 e. The first kappa shape index (κ1) is 35.9. The van der Waals surface area contributed by atoms with Gasteiger partial charge in [-0.2, -0.15) is 0 Å². The fourth-order valence-corrected chi connectivity index (χ4v) is 6.84. The van der Waals surface area contributed by atoms with Crippen molar-refractivity contribution in [3.05, 3.63) is 88.4 Å². The fourth-order valence-electron chi connectivity index (χ4n) is 6.63. The second-order valence-corrected chi connectivity index (χ2v) is 14.0. The molecule has 0 aromatic heterocycles. The van der Waals surface area contributed by atoms with Gasteiger partial charge in [0.15, 0.2) is 12.2 Å². The number of anilines is 2. The normalized spacial score (nSPS) is 22.3. The largest absolute Gasteiger partial charge is 0.480 e. The Morgan fingerprint density at radius 3 is 2.24 bits per heavy atom. The van der Waals surface area contributed by atoms with Crippen molar-refractivity contribution in [3.8, 4) is 5.75 Å². The van der Waals surface area contributed by atoms with Crippen LogP contribution in [0.4, 0.5) is 11.4 Å². The van der Waals surface area contributed by atoms with Crippen LogP contribution in [0.25, 0.3) is 0 Å². The lowest BCUT2D eigenvalue weighted by Crippen LogP contribution is -2.51. The van der Waals surface area contributed by atoms with Crippen LogP contribution in [-0.2, 0) is 35.1 Å². The quantitative estimate of drug-likeness (QED) is 0.115. The number of ether oxygens (including phenoxy) is 2. The number of hydrogen-bond acceptors (Lipinski definition) is 7. The Morgan fingerprint density at radius 1 is 0.939 bits per heavy atom. The third kappa shape index (κ3) is 6.65. The van der Waals surface area contributed by atoms with Crippen LogP contribution in [0, 0.1) is 19.8 Å². The summed E-state index contributed by atoms with van der Waals surface area (Å²) in [6.45, 7) is 12.9. The van der Waals surface area contributed by atoms with Crippen molar-refractivity contribution >= 4 is 52.5 Å². The summed E-state index contributed by atoms with van der Waals surface area (Å²) in [7, 11) is 0. The number of nitrogens with zero attached hydrogens (tertiary/aromatic N) is 2. The molecule has 10 nitrogen and oxygen atoms in total. The van der Waals surface area contributed by atoms with Crippen LogP contribution in [0.1, 0.15) is 57.7 Å². The van der Waals surface area contributed by atoms with Gasteiger partial charge in [-0.05, 0) is 89.8 Å². The summed E-state index contributed by atoms with van der Waals surface area (Å²) >= 11 is 6.68. The van der Waals surface area contributed by atoms with E-state index in [9.17, 15) is 24.0 Å². The predicted molar refractivity (Wildman–Crippen MR) is 186 cm³/mol. The molecule has 2 saturated heterocycles. The van der Waals surface area contributed by atoms with Crippen LogP contribution in [0.2, 0.25) is 5.02 Å². The van der Waals surface area contributed by atoms with Crippen molar-refractivity contribution in [3.63, 3.8) is 0 Å². The third-order valence-corrected chi connectivity index (χ3v) is 9.33. The zero-order valence-corrected chi connectivity index (χ0v) is 29.7. The highest BCUT2D eigenvalue weighted by molar-refractivity contribution is 6.35. The number of benzene rings is 3. The predicted octanol–water partition coefficient (Wildman–Crippen LogP) is 5.94. The van der Waals surface area contributed by atoms with Gasteiger partial charge < -0.3 is 14.8 Å². The molecule has 1 spiro atoms. The summed E-state index contributed by atoms with van der Waals surface area (Å²) in [4.78, 5) is 70.7. The second kappa shape index (κ2) is 13.9. The maximum Gasteiger partial charge on any atom is 0.399 e. The number of amides is 5. The maximum atomic E-state index is 14.4. The zero-order chi connectivity index (χ0) is 35.8. The maximum absolute atomic E-state index is 14.4. The molecule has 1 N–H and O–H groups in total. The number of quaternary nitrogens is 1. The molecule has 2 heterocycles. The zero-order valence-electron chi connectivity index (χ0n) is 28.9. The molecule has 0 bridgehead atoms. The highest BCUT2D eigenvalue weighted by atomic mass is 35.5. The van der Waals surface area contributed by atoms with E-state index in [4.69, 9.17) is 21.1 Å². The molecule has 0 aliphatic carbocycles. The number of imide groups is 3. The molecule has 5 unspecified atom stereocenters. The molecular weight excluding hydrogens is 646 g/mol. The highest BCUT2D eigenvalue weighted by Crippen LogP contribution is 2.48. The van der Waals surface area contributed by atoms with Crippen LogP contribution in [-0.4, -0.2) is 64.4 Å². The molecule has 49 heavy (non-hydrogen) atoms. The molecule has 3 aromatic carbocycles. The molecule has 3 aromatic rings. The van der Waals surface area contributed by atoms with E-state index < -0.39 is 63.7 Å². The van der Waals surface area contributed by atoms with Crippen LogP contribution in [0.3, 0.4) is 0 Å². The van der Waals surface area contributed by atoms with Gasteiger partial charge in [-0.15, -0.1) is 4.48 Å². The topological polar surface area (TPSA) is 119 Å². The van der Waals surface area contributed by atoms with Crippen molar-refractivity contribution < 1.29 is 37.9 Å². The summed E-state index contributed by atoms with van der Waals surface area (Å²) in [6, 6.07) is 18.0. The molecular formula is C38H43ClN3O7+. The summed E-state index contributed by atoms with van der Waals surface area (Å²) in [5.74, 6) is -3.64. The van der Waals surface area contributed by atoms with Crippen molar-refractivity contribution in [2.45, 2.75) is 85.1 Å². The lowest BCUT2D eigenvalue weighted by molar-refractivity contribution is -0.606. The van der Waals surface area contributed by atoms with E-state index in [2.05, 4.69) is 5.32 Å². The van der Waals surface area contributed by atoms with Crippen LogP contribution in [0.15, 0.2) is 66.7 Å². The Balaban J connectivity index is 1.43. The first-order chi connectivity index (χ1) is 23.2.